The molecule has 0 aliphatic rings. The normalized spacial score (nSPS) is 16.1. The van der Waals surface area contributed by atoms with E-state index < -0.39 is 5.54 Å². The van der Waals surface area contributed by atoms with Crippen molar-refractivity contribution in [2.75, 3.05) is 0 Å². The molecule has 1 unspecified atom stereocenters. The van der Waals surface area contributed by atoms with Crippen LogP contribution in [0, 0.1) is 10.4 Å². The van der Waals surface area contributed by atoms with Crippen molar-refractivity contribution < 1.29 is 61.0 Å². The zero-order chi connectivity index (χ0) is 9.07. The zero-order valence-corrected chi connectivity index (χ0v) is 10.9. The van der Waals surface area contributed by atoms with Crippen LogP contribution in [0.5, 0.6) is 0 Å². The van der Waals surface area contributed by atoms with E-state index >= 15 is 0 Å². The minimum atomic E-state index is -1.29. The molecule has 12 heavy (non-hydrogen) atoms. The Morgan fingerprint density at radius 1 is 1.67 bits per heavy atom. The predicted octanol–water partition coefficient (Wildman–Crippen LogP) is -1.79. The number of carbonyl (C=O) groups excluding carboxylic acids is 1. The van der Waals surface area contributed by atoms with Crippen LogP contribution in [0.3, 0.4) is 0 Å². The Morgan fingerprint density at radius 3 is 2.17 bits per heavy atom. The Hall–Kier alpha value is 0.506. The fourth-order valence-electron chi connectivity index (χ4n) is 0.609. The van der Waals surface area contributed by atoms with Crippen LogP contribution in [0.4, 0.5) is 0 Å². The molecule has 0 fully saturated rings. The van der Waals surface area contributed by atoms with Crippen LogP contribution in [-0.2, 0) is 4.79 Å². The first kappa shape index (κ1) is 15.0. The number of hydroxylamine groups is 1. The number of hydrogen-bond acceptors (Lipinski definition) is 4. The second-order valence-corrected chi connectivity index (χ2v) is 2.54. The van der Waals surface area contributed by atoms with Gasteiger partial charge in [-0.2, -0.15) is 0 Å². The molecular formula is C6H11KN2O3. The minimum absolute atomic E-state index is 0. The molecule has 0 rings (SSSR count). The van der Waals surface area contributed by atoms with E-state index in [4.69, 9.17) is 0 Å². The quantitative estimate of drug-likeness (QED) is 0.232. The van der Waals surface area contributed by atoms with Crippen molar-refractivity contribution in [1.29, 1.82) is 0 Å². The maximum Gasteiger partial charge on any atom is 1.00 e. The van der Waals surface area contributed by atoms with Gasteiger partial charge in [-0.05, 0) is 5.28 Å². The van der Waals surface area contributed by atoms with Gasteiger partial charge < -0.3 is 10.4 Å². The van der Waals surface area contributed by atoms with Crippen molar-refractivity contribution in [3.63, 3.8) is 0 Å². The van der Waals surface area contributed by atoms with Crippen molar-refractivity contribution in [2.45, 2.75) is 32.7 Å². The third-order valence-electron chi connectivity index (χ3n) is 1.94. The van der Waals surface area contributed by atoms with Crippen LogP contribution in [0.2, 0.25) is 0 Å². The molecule has 0 radical (unpaired) electrons. The molecule has 64 valence electrons. The van der Waals surface area contributed by atoms with Gasteiger partial charge >= 0.3 is 51.4 Å². The molecule has 6 heteroatoms. The molecule has 0 aliphatic heterocycles. The van der Waals surface area contributed by atoms with E-state index in [0.717, 1.165) is 0 Å². The van der Waals surface area contributed by atoms with Gasteiger partial charge in [-0.25, -0.2) is 0 Å². The van der Waals surface area contributed by atoms with Crippen LogP contribution in [-0.4, -0.2) is 16.2 Å². The summed E-state index contributed by atoms with van der Waals surface area (Å²) in [6, 6.07) is 0. The van der Waals surface area contributed by atoms with Gasteiger partial charge in [-0.3, -0.25) is 4.79 Å². The SMILES string of the molecule is CCC(C)(C(C)=O)/[N+]([O-])=N/[O-].[K+]. The van der Waals surface area contributed by atoms with Crippen molar-refractivity contribution in [3.8, 4) is 0 Å². The maximum atomic E-state index is 10.9. The molecule has 0 aromatic carbocycles. The molecule has 0 aromatic heterocycles. The standard InChI is InChI=1S/C6H12N2O3.K/c1-4-6(3,5(2)9)8(11)7-10;/h10H,4H2,1-3H3;/q;+1/p-1/b8-7-;. The average Bonchev–Trinajstić information content (AvgIpc) is 2.01. The summed E-state index contributed by atoms with van der Waals surface area (Å²) in [5, 5.41) is 22.7. The van der Waals surface area contributed by atoms with Crippen molar-refractivity contribution >= 4 is 5.78 Å². The van der Waals surface area contributed by atoms with Crippen LogP contribution < -0.4 is 51.4 Å². The van der Waals surface area contributed by atoms with E-state index in [1.165, 1.54) is 13.8 Å². The third kappa shape index (κ3) is 3.10. The largest absolute Gasteiger partial charge is 1.00 e. The molecule has 0 N–H and O–H groups in total. The fraction of sp³-hybridized carbons (Fsp3) is 0.833. The van der Waals surface area contributed by atoms with Crippen LogP contribution in [0.25, 0.3) is 0 Å². The van der Waals surface area contributed by atoms with Gasteiger partial charge in [-0.15, -0.1) is 0 Å². The number of hydrogen-bond donors (Lipinski definition) is 0. The van der Waals surface area contributed by atoms with Crippen molar-refractivity contribution in [3.05, 3.63) is 10.4 Å². The monoisotopic (exact) mass is 198 g/mol. The first-order valence-corrected chi connectivity index (χ1v) is 3.30. The van der Waals surface area contributed by atoms with E-state index in [0.29, 0.717) is 0 Å². The van der Waals surface area contributed by atoms with Gasteiger partial charge in [0.2, 0.25) is 5.78 Å². The maximum absolute atomic E-state index is 10.9. The fourth-order valence-corrected chi connectivity index (χ4v) is 0.609. The van der Waals surface area contributed by atoms with Gasteiger partial charge in [-0.1, -0.05) is 11.8 Å². The Balaban J connectivity index is 0. The van der Waals surface area contributed by atoms with Gasteiger partial charge in [0.15, 0.2) is 0 Å². The molecule has 0 bridgehead atoms. The van der Waals surface area contributed by atoms with Crippen LogP contribution >= 0.6 is 0 Å². The minimum Gasteiger partial charge on any atom is -0.739 e. The summed E-state index contributed by atoms with van der Waals surface area (Å²) in [7, 11) is 0. The molecule has 0 spiro atoms. The second-order valence-electron chi connectivity index (χ2n) is 2.54. The van der Waals surface area contributed by atoms with Crippen molar-refractivity contribution in [2.24, 2.45) is 5.28 Å². The molecule has 0 saturated heterocycles. The molecule has 0 heterocycles. The van der Waals surface area contributed by atoms with E-state index in [1.54, 1.807) is 6.92 Å². The van der Waals surface area contributed by atoms with Gasteiger partial charge in [0, 0.05) is 20.3 Å². The van der Waals surface area contributed by atoms with Gasteiger partial charge in [0.25, 0.3) is 5.54 Å². The van der Waals surface area contributed by atoms with E-state index in [2.05, 4.69) is 5.28 Å². The summed E-state index contributed by atoms with van der Waals surface area (Å²) in [6.45, 7) is 4.31. The average molecular weight is 198 g/mol. The molecule has 0 aliphatic carbocycles. The molecule has 5 nitrogen and oxygen atoms in total. The Bertz CT molecular complexity index is 195. The van der Waals surface area contributed by atoms with Gasteiger partial charge in [0.05, 0.1) is 0 Å². The van der Waals surface area contributed by atoms with E-state index in [9.17, 15) is 15.2 Å². The van der Waals surface area contributed by atoms with E-state index in [-0.39, 0.29) is 68.4 Å². The first-order valence-electron chi connectivity index (χ1n) is 3.30. The molecule has 0 aromatic rings. The third-order valence-corrected chi connectivity index (χ3v) is 1.94. The Labute approximate surface area is 114 Å². The molecule has 1 atom stereocenters. The summed E-state index contributed by atoms with van der Waals surface area (Å²) in [6.07, 6.45) is 0.275. The summed E-state index contributed by atoms with van der Waals surface area (Å²) >= 11 is 0. The van der Waals surface area contributed by atoms with Crippen molar-refractivity contribution in [1.82, 2.24) is 0 Å². The number of rotatable bonds is 3. The number of ketones is 1. The number of carbonyl (C=O) groups is 1. The topological polar surface area (TPSA) is 78.6 Å². The van der Waals surface area contributed by atoms with Gasteiger partial charge in [0.1, 0.15) is 0 Å². The molecular weight excluding hydrogens is 187 g/mol. The summed E-state index contributed by atoms with van der Waals surface area (Å²) in [5.41, 5.74) is -1.29. The zero-order valence-electron chi connectivity index (χ0n) is 7.83. The molecule has 0 saturated carbocycles. The summed E-state index contributed by atoms with van der Waals surface area (Å²) in [4.78, 5) is 10.8. The second kappa shape index (κ2) is 6.04. The predicted molar refractivity (Wildman–Crippen MR) is 38.8 cm³/mol. The summed E-state index contributed by atoms with van der Waals surface area (Å²) in [5.74, 6) is -0.352. The van der Waals surface area contributed by atoms with Crippen LogP contribution in [0.15, 0.2) is 5.28 Å². The molecule has 0 amide bonds. The Kier molecular flexibility index (Phi) is 7.54. The Morgan fingerprint density at radius 2 is 2.08 bits per heavy atom. The van der Waals surface area contributed by atoms with E-state index in [1.807, 2.05) is 0 Å². The first-order chi connectivity index (χ1) is 4.99. The number of nitrogens with zero attached hydrogens (tertiary/aromatic N) is 2. The van der Waals surface area contributed by atoms with Crippen LogP contribution in [0.1, 0.15) is 27.2 Å². The summed E-state index contributed by atoms with van der Waals surface area (Å²) < 4.78 is 0. The number of Topliss-reactive ketones (excluding diaryl/α,β-unsaturated/α-hetero) is 1. The smallest absolute Gasteiger partial charge is 0.739 e.